The molecule has 0 atom stereocenters. The average molecular weight is 233 g/mol. The smallest absolute Gasteiger partial charge is 0.180 e. The lowest BCUT2D eigenvalue weighted by atomic mass is 10.1. The van der Waals surface area contributed by atoms with Crippen molar-refractivity contribution in [3.8, 4) is 0 Å². The number of ether oxygens (including phenoxy) is 1. The first-order valence-corrected chi connectivity index (χ1v) is 5.76. The van der Waals surface area contributed by atoms with Gasteiger partial charge >= 0.3 is 0 Å². The highest BCUT2D eigenvalue weighted by Crippen LogP contribution is 2.18. The molecule has 1 aliphatic rings. The van der Waals surface area contributed by atoms with Crippen molar-refractivity contribution in [2.75, 3.05) is 24.3 Å². The van der Waals surface area contributed by atoms with Gasteiger partial charge in [0.05, 0.1) is 6.20 Å². The summed E-state index contributed by atoms with van der Waals surface area (Å²) in [5, 5.41) is 3.40. The van der Waals surface area contributed by atoms with Gasteiger partial charge < -0.3 is 20.2 Å². The Kier molecular flexibility index (Phi) is 2.56. The summed E-state index contributed by atoms with van der Waals surface area (Å²) in [6, 6.07) is 0.388. The topological polar surface area (TPSA) is 77.5 Å². The standard InChI is InChI=1S/C11H15N5O/c12-9-7-16-4-3-13-11(16)10(15-9)14-8-1-5-17-6-2-8/h3-4,7-8H,1-2,5-6,12H2,(H,14,15). The second-order valence-electron chi connectivity index (χ2n) is 4.20. The van der Waals surface area contributed by atoms with E-state index in [4.69, 9.17) is 10.5 Å². The van der Waals surface area contributed by atoms with Crippen LogP contribution in [-0.2, 0) is 4.74 Å². The third-order valence-electron chi connectivity index (χ3n) is 2.95. The number of hydrogen-bond donors (Lipinski definition) is 2. The molecule has 1 saturated heterocycles. The van der Waals surface area contributed by atoms with Gasteiger partial charge in [-0.05, 0) is 12.8 Å². The predicted octanol–water partition coefficient (Wildman–Crippen LogP) is 0.902. The number of nitrogen functional groups attached to an aromatic ring is 1. The molecule has 0 spiro atoms. The van der Waals surface area contributed by atoms with Gasteiger partial charge in [0.15, 0.2) is 11.5 Å². The van der Waals surface area contributed by atoms with Crippen LogP contribution in [0.25, 0.3) is 5.65 Å². The van der Waals surface area contributed by atoms with Crippen molar-refractivity contribution in [3.63, 3.8) is 0 Å². The molecular formula is C11H15N5O. The van der Waals surface area contributed by atoms with Crippen molar-refractivity contribution in [2.45, 2.75) is 18.9 Å². The van der Waals surface area contributed by atoms with Crippen molar-refractivity contribution < 1.29 is 4.74 Å². The number of anilines is 2. The van der Waals surface area contributed by atoms with E-state index >= 15 is 0 Å². The number of fused-ring (bicyclic) bond motifs is 1. The van der Waals surface area contributed by atoms with E-state index in [0.29, 0.717) is 11.9 Å². The summed E-state index contributed by atoms with van der Waals surface area (Å²) >= 11 is 0. The van der Waals surface area contributed by atoms with Crippen LogP contribution < -0.4 is 11.1 Å². The molecule has 3 heterocycles. The molecule has 0 unspecified atom stereocenters. The average Bonchev–Trinajstić information content (AvgIpc) is 2.78. The lowest BCUT2D eigenvalue weighted by Gasteiger charge is -2.23. The zero-order valence-corrected chi connectivity index (χ0v) is 9.47. The molecule has 3 rings (SSSR count). The third-order valence-corrected chi connectivity index (χ3v) is 2.95. The van der Waals surface area contributed by atoms with Crippen LogP contribution in [0.1, 0.15) is 12.8 Å². The van der Waals surface area contributed by atoms with Crippen LogP contribution in [0.15, 0.2) is 18.6 Å². The fraction of sp³-hybridized carbons (Fsp3) is 0.455. The van der Waals surface area contributed by atoms with Crippen LogP contribution in [0.5, 0.6) is 0 Å². The Morgan fingerprint density at radius 2 is 2.24 bits per heavy atom. The van der Waals surface area contributed by atoms with E-state index in [1.165, 1.54) is 0 Å². The highest BCUT2D eigenvalue weighted by atomic mass is 16.5. The molecule has 17 heavy (non-hydrogen) atoms. The molecule has 90 valence electrons. The normalized spacial score (nSPS) is 17.4. The molecule has 1 aliphatic heterocycles. The van der Waals surface area contributed by atoms with Crippen LogP contribution in [0.3, 0.4) is 0 Å². The lowest BCUT2D eigenvalue weighted by Crippen LogP contribution is -2.28. The molecule has 0 aromatic carbocycles. The number of aromatic nitrogens is 3. The fourth-order valence-electron chi connectivity index (χ4n) is 2.08. The first-order valence-electron chi connectivity index (χ1n) is 5.76. The summed E-state index contributed by atoms with van der Waals surface area (Å²) in [5.74, 6) is 1.24. The summed E-state index contributed by atoms with van der Waals surface area (Å²) in [7, 11) is 0. The third kappa shape index (κ3) is 2.03. The van der Waals surface area contributed by atoms with Gasteiger partial charge in [-0.15, -0.1) is 0 Å². The van der Waals surface area contributed by atoms with Crippen molar-refractivity contribution in [2.24, 2.45) is 0 Å². The summed E-state index contributed by atoms with van der Waals surface area (Å²) in [6.45, 7) is 1.59. The summed E-state index contributed by atoms with van der Waals surface area (Å²) in [6.07, 6.45) is 7.35. The zero-order chi connectivity index (χ0) is 11.7. The summed E-state index contributed by atoms with van der Waals surface area (Å²) in [5.41, 5.74) is 6.58. The van der Waals surface area contributed by atoms with E-state index in [1.54, 1.807) is 12.4 Å². The van der Waals surface area contributed by atoms with Crippen molar-refractivity contribution >= 4 is 17.3 Å². The Balaban J connectivity index is 1.90. The Labute approximate surface area is 98.8 Å². The highest BCUT2D eigenvalue weighted by molar-refractivity contribution is 5.65. The first kappa shape index (κ1) is 10.3. The monoisotopic (exact) mass is 233 g/mol. The number of rotatable bonds is 2. The second kappa shape index (κ2) is 4.21. The first-order chi connectivity index (χ1) is 8.33. The molecule has 2 aromatic heterocycles. The van der Waals surface area contributed by atoms with Gasteiger partial charge in [0, 0.05) is 31.6 Å². The maximum Gasteiger partial charge on any atom is 0.180 e. The highest BCUT2D eigenvalue weighted by Gasteiger charge is 2.16. The van der Waals surface area contributed by atoms with Gasteiger partial charge in [-0.1, -0.05) is 0 Å². The van der Waals surface area contributed by atoms with Gasteiger partial charge in [-0.3, -0.25) is 0 Å². The van der Waals surface area contributed by atoms with Gasteiger partial charge in [0.2, 0.25) is 0 Å². The second-order valence-corrected chi connectivity index (χ2v) is 4.20. The summed E-state index contributed by atoms with van der Waals surface area (Å²) < 4.78 is 7.21. The Hall–Kier alpha value is -1.82. The minimum Gasteiger partial charge on any atom is -0.382 e. The van der Waals surface area contributed by atoms with Gasteiger partial charge in [0.25, 0.3) is 0 Å². The molecule has 0 amide bonds. The van der Waals surface area contributed by atoms with E-state index in [-0.39, 0.29) is 0 Å². The van der Waals surface area contributed by atoms with Crippen LogP contribution >= 0.6 is 0 Å². The lowest BCUT2D eigenvalue weighted by molar-refractivity contribution is 0.0904. The van der Waals surface area contributed by atoms with E-state index < -0.39 is 0 Å². The Morgan fingerprint density at radius 1 is 1.41 bits per heavy atom. The zero-order valence-electron chi connectivity index (χ0n) is 9.47. The minimum absolute atomic E-state index is 0.388. The quantitative estimate of drug-likeness (QED) is 0.806. The van der Waals surface area contributed by atoms with Crippen LogP contribution in [0, 0.1) is 0 Å². The molecule has 0 aliphatic carbocycles. The largest absolute Gasteiger partial charge is 0.382 e. The molecule has 0 saturated carbocycles. The van der Waals surface area contributed by atoms with E-state index in [2.05, 4.69) is 15.3 Å². The van der Waals surface area contributed by atoms with Crippen LogP contribution in [-0.4, -0.2) is 33.6 Å². The van der Waals surface area contributed by atoms with Crippen LogP contribution in [0.4, 0.5) is 11.6 Å². The maximum atomic E-state index is 5.76. The van der Waals surface area contributed by atoms with Gasteiger partial charge in [-0.2, -0.15) is 0 Å². The van der Waals surface area contributed by atoms with Gasteiger partial charge in [-0.25, -0.2) is 9.97 Å². The number of nitrogens with two attached hydrogens (primary N) is 1. The van der Waals surface area contributed by atoms with Crippen molar-refractivity contribution in [1.82, 2.24) is 14.4 Å². The van der Waals surface area contributed by atoms with Crippen molar-refractivity contribution in [1.29, 1.82) is 0 Å². The minimum atomic E-state index is 0.388. The van der Waals surface area contributed by atoms with E-state index in [9.17, 15) is 0 Å². The number of hydrogen-bond acceptors (Lipinski definition) is 5. The molecule has 0 bridgehead atoms. The molecule has 0 radical (unpaired) electrons. The fourth-order valence-corrected chi connectivity index (χ4v) is 2.08. The van der Waals surface area contributed by atoms with Crippen LogP contribution in [0.2, 0.25) is 0 Å². The molecule has 1 fully saturated rings. The van der Waals surface area contributed by atoms with E-state index in [0.717, 1.165) is 37.5 Å². The van der Waals surface area contributed by atoms with Gasteiger partial charge in [0.1, 0.15) is 5.82 Å². The number of nitrogens with one attached hydrogen (secondary N) is 1. The SMILES string of the molecule is Nc1cn2ccnc2c(NC2CCOCC2)n1. The Morgan fingerprint density at radius 3 is 3.06 bits per heavy atom. The summed E-state index contributed by atoms with van der Waals surface area (Å²) in [4.78, 5) is 8.59. The Bertz CT molecular complexity index is 518. The molecule has 2 aromatic rings. The van der Waals surface area contributed by atoms with Crippen molar-refractivity contribution in [3.05, 3.63) is 18.6 Å². The molecular weight excluding hydrogens is 218 g/mol. The predicted molar refractivity (Wildman–Crippen MR) is 64.9 cm³/mol. The number of imidazole rings is 1. The molecule has 3 N–H and O–H groups in total. The number of nitrogens with zero attached hydrogens (tertiary/aromatic N) is 3. The maximum absolute atomic E-state index is 5.76. The molecule has 6 heteroatoms. The molecule has 6 nitrogen and oxygen atoms in total. The van der Waals surface area contributed by atoms with E-state index in [1.807, 2.05) is 10.6 Å².